The van der Waals surface area contributed by atoms with Crippen LogP contribution in [0, 0.1) is 28.9 Å². The van der Waals surface area contributed by atoms with Gasteiger partial charge in [0, 0.05) is 0 Å². The quantitative estimate of drug-likeness (QED) is 0.863. The minimum atomic E-state index is -4.75. The summed E-state index contributed by atoms with van der Waals surface area (Å²) in [5, 5.41) is 10.2. The number of hydrogen-bond acceptors (Lipinski definition) is 2. The van der Waals surface area contributed by atoms with Crippen LogP contribution in [0.1, 0.15) is 36.2 Å². The van der Waals surface area contributed by atoms with E-state index >= 15 is 0 Å². The highest BCUT2D eigenvalue weighted by Crippen LogP contribution is 2.28. The fourth-order valence-electron chi connectivity index (χ4n) is 1.85. The van der Waals surface area contributed by atoms with Crippen LogP contribution in [0.3, 0.4) is 0 Å². The van der Waals surface area contributed by atoms with Crippen molar-refractivity contribution in [1.29, 1.82) is 5.26 Å². The summed E-state index contributed by atoms with van der Waals surface area (Å²) >= 11 is 0. The van der Waals surface area contributed by atoms with Gasteiger partial charge in [0.15, 0.2) is 0 Å². The average Bonchev–Trinajstić information content (AvgIpc) is 2.41. The Morgan fingerprint density at radius 1 is 1.32 bits per heavy atom. The van der Waals surface area contributed by atoms with Gasteiger partial charge in [0.05, 0.1) is 11.6 Å². The van der Waals surface area contributed by atoms with E-state index in [1.54, 1.807) is 5.32 Å². The predicted molar refractivity (Wildman–Crippen MR) is 67.8 cm³/mol. The van der Waals surface area contributed by atoms with Gasteiger partial charge in [-0.2, -0.15) is 18.4 Å². The largest absolute Gasteiger partial charge is 0.408 e. The standard InChI is InChI=1S/C14H13F5N2O/c1-3-7(2)12(14(17,18)19)21-13(22)11-9(15)4-8(6-20)5-10(11)16/h4-5,7,12H,3H2,1-2H3,(H,21,22)/t7-,12+/m1/s1. The van der Waals surface area contributed by atoms with E-state index in [9.17, 15) is 26.7 Å². The van der Waals surface area contributed by atoms with Crippen molar-refractivity contribution in [2.75, 3.05) is 0 Å². The second-order valence-electron chi connectivity index (χ2n) is 4.80. The molecule has 0 heterocycles. The number of nitrogens with one attached hydrogen (secondary N) is 1. The third-order valence-corrected chi connectivity index (χ3v) is 3.25. The zero-order chi connectivity index (χ0) is 17.1. The summed E-state index contributed by atoms with van der Waals surface area (Å²) in [5.74, 6) is -5.26. The lowest BCUT2D eigenvalue weighted by molar-refractivity contribution is -0.164. The molecule has 8 heteroatoms. The van der Waals surface area contributed by atoms with Crippen LogP contribution in [0.15, 0.2) is 12.1 Å². The van der Waals surface area contributed by atoms with Crippen molar-refractivity contribution >= 4 is 5.91 Å². The van der Waals surface area contributed by atoms with E-state index in [1.807, 2.05) is 0 Å². The highest BCUT2D eigenvalue weighted by Gasteiger charge is 2.44. The van der Waals surface area contributed by atoms with E-state index in [-0.39, 0.29) is 12.0 Å². The van der Waals surface area contributed by atoms with E-state index in [0.29, 0.717) is 12.1 Å². The maximum Gasteiger partial charge on any atom is 0.408 e. The van der Waals surface area contributed by atoms with Crippen molar-refractivity contribution in [3.05, 3.63) is 34.9 Å². The minimum Gasteiger partial charge on any atom is -0.340 e. The molecule has 22 heavy (non-hydrogen) atoms. The first-order valence-electron chi connectivity index (χ1n) is 6.38. The molecule has 0 saturated heterocycles. The Morgan fingerprint density at radius 2 is 1.82 bits per heavy atom. The molecule has 120 valence electrons. The van der Waals surface area contributed by atoms with Crippen molar-refractivity contribution < 1.29 is 26.7 Å². The Labute approximate surface area is 123 Å². The molecule has 0 aromatic heterocycles. The van der Waals surface area contributed by atoms with E-state index in [1.165, 1.54) is 19.9 Å². The number of carbonyl (C=O) groups is 1. The highest BCUT2D eigenvalue weighted by atomic mass is 19.4. The number of hydrogen-bond donors (Lipinski definition) is 1. The van der Waals surface area contributed by atoms with E-state index in [2.05, 4.69) is 0 Å². The molecule has 0 aliphatic heterocycles. The third-order valence-electron chi connectivity index (χ3n) is 3.25. The highest BCUT2D eigenvalue weighted by molar-refractivity contribution is 5.95. The summed E-state index contributed by atoms with van der Waals surface area (Å²) < 4.78 is 66.0. The number of nitrogens with zero attached hydrogens (tertiary/aromatic N) is 1. The van der Waals surface area contributed by atoms with Gasteiger partial charge < -0.3 is 5.32 Å². The number of nitriles is 1. The zero-order valence-corrected chi connectivity index (χ0v) is 11.8. The average molecular weight is 320 g/mol. The van der Waals surface area contributed by atoms with Gasteiger partial charge >= 0.3 is 6.18 Å². The van der Waals surface area contributed by atoms with Crippen molar-refractivity contribution in [1.82, 2.24) is 5.32 Å². The topological polar surface area (TPSA) is 52.9 Å². The zero-order valence-electron chi connectivity index (χ0n) is 11.8. The molecule has 0 saturated carbocycles. The fraction of sp³-hybridized carbons (Fsp3) is 0.429. The molecule has 0 bridgehead atoms. The van der Waals surface area contributed by atoms with Gasteiger partial charge in [-0.05, 0) is 18.1 Å². The first kappa shape index (κ1) is 17.9. The summed E-state index contributed by atoms with van der Waals surface area (Å²) in [5.41, 5.74) is -1.52. The van der Waals surface area contributed by atoms with Crippen LogP contribution in [0.4, 0.5) is 22.0 Å². The van der Waals surface area contributed by atoms with Crippen LogP contribution in [-0.4, -0.2) is 18.1 Å². The van der Waals surface area contributed by atoms with Gasteiger partial charge in [-0.25, -0.2) is 8.78 Å². The molecular weight excluding hydrogens is 307 g/mol. The number of amides is 1. The Balaban J connectivity index is 3.14. The van der Waals surface area contributed by atoms with Gasteiger partial charge in [-0.1, -0.05) is 20.3 Å². The fourth-order valence-corrected chi connectivity index (χ4v) is 1.85. The van der Waals surface area contributed by atoms with Crippen molar-refractivity contribution in [3.8, 4) is 6.07 Å². The van der Waals surface area contributed by atoms with Gasteiger partial charge in [0.25, 0.3) is 5.91 Å². The molecule has 1 aromatic rings. The molecule has 1 aromatic carbocycles. The van der Waals surface area contributed by atoms with Crippen LogP contribution in [0.5, 0.6) is 0 Å². The van der Waals surface area contributed by atoms with Gasteiger partial charge in [0.2, 0.25) is 0 Å². The Hall–Kier alpha value is -2.17. The smallest absolute Gasteiger partial charge is 0.340 e. The second kappa shape index (κ2) is 6.73. The molecule has 0 spiro atoms. The molecule has 3 nitrogen and oxygen atoms in total. The molecular formula is C14H13F5N2O. The molecule has 0 aliphatic rings. The minimum absolute atomic E-state index is 0.114. The van der Waals surface area contributed by atoms with E-state index < -0.39 is 41.2 Å². The van der Waals surface area contributed by atoms with Gasteiger partial charge in [0.1, 0.15) is 23.2 Å². The van der Waals surface area contributed by atoms with Crippen LogP contribution < -0.4 is 5.32 Å². The number of carbonyl (C=O) groups excluding carboxylic acids is 1. The van der Waals surface area contributed by atoms with Crippen molar-refractivity contribution in [2.24, 2.45) is 5.92 Å². The van der Waals surface area contributed by atoms with Gasteiger partial charge in [-0.3, -0.25) is 4.79 Å². The molecule has 0 aliphatic carbocycles. The summed E-state index contributed by atoms with van der Waals surface area (Å²) in [6.45, 7) is 2.77. The molecule has 1 N–H and O–H groups in total. The Morgan fingerprint density at radius 3 is 2.18 bits per heavy atom. The molecule has 1 rings (SSSR count). The molecule has 2 atom stereocenters. The molecule has 0 fully saturated rings. The molecule has 0 radical (unpaired) electrons. The number of alkyl halides is 3. The van der Waals surface area contributed by atoms with Crippen LogP contribution >= 0.6 is 0 Å². The lowest BCUT2D eigenvalue weighted by Crippen LogP contribution is -2.49. The maximum absolute atomic E-state index is 13.6. The Kier molecular flexibility index (Phi) is 5.47. The van der Waals surface area contributed by atoms with E-state index in [0.717, 1.165) is 0 Å². The third kappa shape index (κ3) is 3.93. The number of benzene rings is 1. The summed E-state index contributed by atoms with van der Waals surface area (Å²) in [6.07, 6.45) is -4.63. The van der Waals surface area contributed by atoms with Crippen molar-refractivity contribution in [2.45, 2.75) is 32.5 Å². The monoisotopic (exact) mass is 320 g/mol. The van der Waals surface area contributed by atoms with Crippen LogP contribution in [0.25, 0.3) is 0 Å². The van der Waals surface area contributed by atoms with Crippen LogP contribution in [-0.2, 0) is 0 Å². The SMILES string of the molecule is CC[C@@H](C)[C@H](NC(=O)c1c(F)cc(C#N)cc1F)C(F)(F)F. The number of rotatable bonds is 4. The summed E-state index contributed by atoms with van der Waals surface area (Å²) in [6, 6.07) is 0.427. The normalized spacial score (nSPS) is 14.1. The van der Waals surface area contributed by atoms with Gasteiger partial charge in [-0.15, -0.1) is 0 Å². The first-order valence-corrected chi connectivity index (χ1v) is 6.38. The van der Waals surface area contributed by atoms with Crippen molar-refractivity contribution in [3.63, 3.8) is 0 Å². The lowest BCUT2D eigenvalue weighted by atomic mass is 9.98. The number of halogens is 5. The maximum atomic E-state index is 13.6. The predicted octanol–water partition coefficient (Wildman–Crippen LogP) is 3.54. The Bertz CT molecular complexity index is 583. The molecule has 1 amide bonds. The van der Waals surface area contributed by atoms with Crippen LogP contribution in [0.2, 0.25) is 0 Å². The van der Waals surface area contributed by atoms with E-state index in [4.69, 9.17) is 5.26 Å². The lowest BCUT2D eigenvalue weighted by Gasteiger charge is -2.26. The molecule has 0 unspecified atom stereocenters. The summed E-state index contributed by atoms with van der Waals surface area (Å²) in [7, 11) is 0. The first-order chi connectivity index (χ1) is 10.1. The second-order valence-corrected chi connectivity index (χ2v) is 4.80. The summed E-state index contributed by atoms with van der Waals surface area (Å²) in [4.78, 5) is 11.8.